The van der Waals surface area contributed by atoms with Gasteiger partial charge in [0.15, 0.2) is 0 Å². The number of hydrogen-bond acceptors (Lipinski definition) is 2. The zero-order chi connectivity index (χ0) is 17.3. The first-order valence-electron chi connectivity index (χ1n) is 7.38. The Hall–Kier alpha value is -2.79. The summed E-state index contributed by atoms with van der Waals surface area (Å²) in [6.07, 6.45) is 0. The van der Waals surface area contributed by atoms with E-state index >= 15 is 0 Å². The first-order valence-corrected chi connectivity index (χ1v) is 7.76. The van der Waals surface area contributed by atoms with Gasteiger partial charge in [-0.25, -0.2) is 0 Å². The normalized spacial score (nSPS) is 10.6. The molecule has 2 amide bonds. The van der Waals surface area contributed by atoms with Crippen molar-refractivity contribution in [1.29, 1.82) is 0 Å². The maximum absolute atomic E-state index is 12.6. The molecule has 0 fully saturated rings. The highest BCUT2D eigenvalue weighted by molar-refractivity contribution is 6.35. The third-order valence-electron chi connectivity index (χ3n) is 3.68. The number of nitrogens with one attached hydrogen (secondary N) is 2. The molecular weight excluding hydrogens is 326 g/mol. The van der Waals surface area contributed by atoms with E-state index in [1.165, 1.54) is 6.92 Å². The van der Waals surface area contributed by atoms with Gasteiger partial charge in [0.2, 0.25) is 5.91 Å². The second-order valence-corrected chi connectivity index (χ2v) is 5.89. The number of rotatable bonds is 3. The third kappa shape index (κ3) is 3.12. The molecule has 122 valence electrons. The molecule has 0 unspecified atom stereocenters. The van der Waals surface area contributed by atoms with Crippen LogP contribution in [0.25, 0.3) is 10.9 Å². The van der Waals surface area contributed by atoms with Gasteiger partial charge in [0.05, 0.1) is 10.5 Å². The second-order valence-electron chi connectivity index (χ2n) is 5.48. The Kier molecular flexibility index (Phi) is 4.27. The molecule has 2 N–H and O–H groups in total. The summed E-state index contributed by atoms with van der Waals surface area (Å²) in [5.74, 6) is -0.411. The van der Waals surface area contributed by atoms with Gasteiger partial charge in [-0.3, -0.25) is 9.59 Å². The number of benzene rings is 2. The van der Waals surface area contributed by atoms with E-state index in [1.807, 2.05) is 12.1 Å². The molecule has 5 nitrogen and oxygen atoms in total. The molecular formula is C18H16ClN3O2. The Balaban J connectivity index is 1.89. The summed E-state index contributed by atoms with van der Waals surface area (Å²) in [6, 6.07) is 14.3. The van der Waals surface area contributed by atoms with Crippen LogP contribution in [0, 0.1) is 0 Å². The minimum absolute atomic E-state index is 0.165. The number of aromatic nitrogens is 1. The number of amides is 2. The summed E-state index contributed by atoms with van der Waals surface area (Å²) >= 11 is 6.22. The molecule has 0 atom stereocenters. The number of carbonyl (C=O) groups is 2. The van der Waals surface area contributed by atoms with Gasteiger partial charge in [0.1, 0.15) is 5.69 Å². The lowest BCUT2D eigenvalue weighted by Crippen LogP contribution is -2.15. The highest BCUT2D eigenvalue weighted by Gasteiger charge is 2.15. The summed E-state index contributed by atoms with van der Waals surface area (Å²) in [6.45, 7) is 1.44. The molecule has 24 heavy (non-hydrogen) atoms. The molecule has 0 saturated carbocycles. The molecule has 6 heteroatoms. The average molecular weight is 342 g/mol. The van der Waals surface area contributed by atoms with Crippen molar-refractivity contribution in [2.45, 2.75) is 6.92 Å². The van der Waals surface area contributed by atoms with E-state index in [9.17, 15) is 9.59 Å². The maximum Gasteiger partial charge on any atom is 0.272 e. The number of nitrogens with zero attached hydrogens (tertiary/aromatic N) is 1. The molecule has 0 aliphatic carbocycles. The Morgan fingerprint density at radius 2 is 1.67 bits per heavy atom. The largest absolute Gasteiger partial charge is 0.338 e. The summed E-state index contributed by atoms with van der Waals surface area (Å²) in [4.78, 5) is 23.7. The Labute approximate surface area is 144 Å². The Morgan fingerprint density at radius 3 is 2.33 bits per heavy atom. The van der Waals surface area contributed by atoms with E-state index in [-0.39, 0.29) is 11.8 Å². The summed E-state index contributed by atoms with van der Waals surface area (Å²) in [7, 11) is 1.80. The van der Waals surface area contributed by atoms with Gasteiger partial charge >= 0.3 is 0 Å². The van der Waals surface area contributed by atoms with Crippen LogP contribution >= 0.6 is 11.6 Å². The number of hydrogen-bond donors (Lipinski definition) is 2. The fourth-order valence-electron chi connectivity index (χ4n) is 2.66. The molecule has 0 aliphatic heterocycles. The van der Waals surface area contributed by atoms with Crippen LogP contribution in [0.2, 0.25) is 5.02 Å². The van der Waals surface area contributed by atoms with Crippen LogP contribution < -0.4 is 10.6 Å². The standard InChI is InChI=1S/C18H16ClN3O2/c1-11(23)20-13-6-4-7-14(10-13)21-18(24)16-9-12-5-3-8-15(19)17(12)22(16)2/h3-10H,1-2H3,(H,20,23)(H,21,24). The highest BCUT2D eigenvalue weighted by Crippen LogP contribution is 2.26. The van der Waals surface area contributed by atoms with Gasteiger partial charge < -0.3 is 15.2 Å². The van der Waals surface area contributed by atoms with Crippen molar-refractivity contribution in [3.8, 4) is 0 Å². The van der Waals surface area contributed by atoms with Crippen LogP contribution in [0.1, 0.15) is 17.4 Å². The summed E-state index contributed by atoms with van der Waals surface area (Å²) in [5, 5.41) is 7.03. The van der Waals surface area contributed by atoms with E-state index in [1.54, 1.807) is 48.0 Å². The summed E-state index contributed by atoms with van der Waals surface area (Å²) in [5.41, 5.74) is 2.54. The van der Waals surface area contributed by atoms with Crippen LogP contribution in [0.4, 0.5) is 11.4 Å². The first-order chi connectivity index (χ1) is 11.5. The lowest BCUT2D eigenvalue weighted by molar-refractivity contribution is -0.114. The topological polar surface area (TPSA) is 63.1 Å². The SMILES string of the molecule is CC(=O)Nc1cccc(NC(=O)c2cc3cccc(Cl)c3n2C)c1. The molecule has 0 saturated heterocycles. The minimum Gasteiger partial charge on any atom is -0.338 e. The van der Waals surface area contributed by atoms with Gasteiger partial charge in [-0.1, -0.05) is 29.8 Å². The fourth-order valence-corrected chi connectivity index (χ4v) is 2.97. The molecule has 2 aromatic carbocycles. The Bertz CT molecular complexity index is 947. The van der Waals surface area contributed by atoms with Crippen LogP contribution in [0.3, 0.4) is 0 Å². The molecule has 0 bridgehead atoms. The predicted octanol–water partition coefficient (Wildman–Crippen LogP) is 4.04. The van der Waals surface area contributed by atoms with Crippen LogP contribution in [-0.2, 0) is 11.8 Å². The number of para-hydroxylation sites is 1. The number of halogens is 1. The zero-order valence-electron chi connectivity index (χ0n) is 13.3. The van der Waals surface area contributed by atoms with Crippen molar-refractivity contribution in [3.05, 3.63) is 59.2 Å². The van der Waals surface area contributed by atoms with Gasteiger partial charge in [-0.15, -0.1) is 0 Å². The second kappa shape index (κ2) is 6.37. The van der Waals surface area contributed by atoms with Crippen LogP contribution in [-0.4, -0.2) is 16.4 Å². The third-order valence-corrected chi connectivity index (χ3v) is 3.99. The van der Waals surface area contributed by atoms with E-state index in [4.69, 9.17) is 11.6 Å². The van der Waals surface area contributed by atoms with Gasteiger partial charge in [-0.05, 0) is 30.3 Å². The van der Waals surface area contributed by atoms with Crippen molar-refractivity contribution < 1.29 is 9.59 Å². The van der Waals surface area contributed by atoms with E-state index < -0.39 is 0 Å². The number of aryl methyl sites for hydroxylation is 1. The minimum atomic E-state index is -0.246. The molecule has 1 heterocycles. The molecule has 1 aromatic heterocycles. The van der Waals surface area contributed by atoms with Crippen molar-refractivity contribution in [3.63, 3.8) is 0 Å². The number of carbonyl (C=O) groups excluding carboxylic acids is 2. The predicted molar refractivity (Wildman–Crippen MR) is 96.6 cm³/mol. The molecule has 0 radical (unpaired) electrons. The molecule has 3 rings (SSSR count). The zero-order valence-corrected chi connectivity index (χ0v) is 14.0. The lowest BCUT2D eigenvalue weighted by Gasteiger charge is -2.09. The number of fused-ring (bicyclic) bond motifs is 1. The quantitative estimate of drug-likeness (QED) is 0.755. The van der Waals surface area contributed by atoms with E-state index in [0.717, 1.165) is 10.9 Å². The Morgan fingerprint density at radius 1 is 1.00 bits per heavy atom. The van der Waals surface area contributed by atoms with Gasteiger partial charge in [0, 0.05) is 30.7 Å². The van der Waals surface area contributed by atoms with E-state index in [0.29, 0.717) is 22.1 Å². The van der Waals surface area contributed by atoms with Crippen molar-refractivity contribution in [2.75, 3.05) is 10.6 Å². The lowest BCUT2D eigenvalue weighted by atomic mass is 10.2. The highest BCUT2D eigenvalue weighted by atomic mass is 35.5. The smallest absolute Gasteiger partial charge is 0.272 e. The molecule has 3 aromatic rings. The molecule has 0 spiro atoms. The average Bonchev–Trinajstić information content (AvgIpc) is 2.85. The monoisotopic (exact) mass is 341 g/mol. The fraction of sp³-hybridized carbons (Fsp3) is 0.111. The summed E-state index contributed by atoms with van der Waals surface area (Å²) < 4.78 is 1.77. The molecule has 0 aliphatic rings. The van der Waals surface area contributed by atoms with Gasteiger partial charge in [0.25, 0.3) is 5.91 Å². The maximum atomic E-state index is 12.6. The number of anilines is 2. The van der Waals surface area contributed by atoms with Gasteiger partial charge in [-0.2, -0.15) is 0 Å². The van der Waals surface area contributed by atoms with Crippen molar-refractivity contribution in [2.24, 2.45) is 7.05 Å². The van der Waals surface area contributed by atoms with E-state index in [2.05, 4.69) is 10.6 Å². The van der Waals surface area contributed by atoms with Crippen LogP contribution in [0.15, 0.2) is 48.5 Å². The first kappa shape index (κ1) is 16.1. The van der Waals surface area contributed by atoms with Crippen molar-refractivity contribution in [1.82, 2.24) is 4.57 Å². The van der Waals surface area contributed by atoms with Crippen molar-refractivity contribution >= 4 is 45.7 Å². The van der Waals surface area contributed by atoms with Crippen LogP contribution in [0.5, 0.6) is 0 Å².